The molecule has 4 nitrogen and oxygen atoms in total. The topological polar surface area (TPSA) is 44.8 Å². The van der Waals surface area contributed by atoms with Gasteiger partial charge in [0.2, 0.25) is 0 Å². The highest BCUT2D eigenvalue weighted by Gasteiger charge is 2.10. The van der Waals surface area contributed by atoms with E-state index in [0.29, 0.717) is 34.8 Å². The van der Waals surface area contributed by atoms with E-state index in [1.807, 2.05) is 0 Å². The fraction of sp³-hybridized carbons (Fsp3) is 0.438. The third-order valence-electron chi connectivity index (χ3n) is 2.82. The molecule has 0 aliphatic heterocycles. The monoisotopic (exact) mass is 414 g/mol. The average molecular weight is 416 g/mol. The van der Waals surface area contributed by atoms with E-state index in [0.717, 1.165) is 25.5 Å². The lowest BCUT2D eigenvalue weighted by Gasteiger charge is -2.12. The van der Waals surface area contributed by atoms with Crippen LogP contribution < -0.4 is 9.47 Å². The van der Waals surface area contributed by atoms with Crippen molar-refractivity contribution in [2.75, 3.05) is 26.4 Å². The maximum atomic E-state index is 10.1. The molecule has 1 aromatic rings. The smallest absolute Gasteiger partial charge is 0.156 e. The van der Waals surface area contributed by atoms with Crippen LogP contribution in [-0.2, 0) is 9.53 Å². The second-order valence-corrected chi connectivity index (χ2v) is 6.49. The van der Waals surface area contributed by atoms with Crippen LogP contribution >= 0.6 is 46.4 Å². The van der Waals surface area contributed by atoms with Gasteiger partial charge in [-0.2, -0.15) is 0 Å². The van der Waals surface area contributed by atoms with Gasteiger partial charge in [-0.25, -0.2) is 0 Å². The number of carbonyl (C=O) groups is 1. The van der Waals surface area contributed by atoms with Crippen LogP contribution in [0.25, 0.3) is 0 Å². The summed E-state index contributed by atoms with van der Waals surface area (Å²) in [5.41, 5.74) is 0. The molecular formula is C16H18Cl4O4. The van der Waals surface area contributed by atoms with Gasteiger partial charge in [0.1, 0.15) is 29.7 Å². The molecule has 1 aromatic carbocycles. The highest BCUT2D eigenvalue weighted by Crippen LogP contribution is 2.37. The number of rotatable bonds is 12. The molecule has 0 unspecified atom stereocenters. The van der Waals surface area contributed by atoms with Crippen LogP contribution in [0.1, 0.15) is 19.3 Å². The lowest BCUT2D eigenvalue weighted by Crippen LogP contribution is -2.02. The van der Waals surface area contributed by atoms with Crippen molar-refractivity contribution >= 4 is 52.7 Å². The van der Waals surface area contributed by atoms with Gasteiger partial charge < -0.3 is 19.0 Å². The van der Waals surface area contributed by atoms with Gasteiger partial charge in [0.15, 0.2) is 5.75 Å². The van der Waals surface area contributed by atoms with Crippen LogP contribution in [0.15, 0.2) is 22.7 Å². The molecule has 0 spiro atoms. The quantitative estimate of drug-likeness (QED) is 0.336. The summed E-state index contributed by atoms with van der Waals surface area (Å²) in [4.78, 5) is 10.1. The van der Waals surface area contributed by atoms with Crippen LogP contribution in [0.2, 0.25) is 10.0 Å². The molecule has 0 bridgehead atoms. The van der Waals surface area contributed by atoms with Crippen LogP contribution in [0.4, 0.5) is 0 Å². The third-order valence-corrected chi connectivity index (χ3v) is 3.69. The van der Waals surface area contributed by atoms with Crippen molar-refractivity contribution in [3.8, 4) is 11.5 Å². The van der Waals surface area contributed by atoms with E-state index in [-0.39, 0.29) is 17.7 Å². The summed E-state index contributed by atoms with van der Waals surface area (Å²) in [5.74, 6) is 0.921. The van der Waals surface area contributed by atoms with Crippen molar-refractivity contribution in [2.45, 2.75) is 19.3 Å². The molecule has 0 radical (unpaired) electrons. The number of ether oxygens (including phenoxy) is 3. The molecule has 0 aliphatic carbocycles. The largest absolute Gasteiger partial charge is 0.490 e. The molecule has 0 atom stereocenters. The Morgan fingerprint density at radius 1 is 0.958 bits per heavy atom. The van der Waals surface area contributed by atoms with Gasteiger partial charge in [-0.3, -0.25) is 0 Å². The Kier molecular flexibility index (Phi) is 11.3. The Morgan fingerprint density at radius 3 is 2.25 bits per heavy atom. The molecule has 0 saturated carbocycles. The van der Waals surface area contributed by atoms with Crippen LogP contribution in [-0.4, -0.2) is 32.7 Å². The summed E-state index contributed by atoms with van der Waals surface area (Å²) in [6.07, 6.45) is 4.85. The molecule has 0 aromatic heterocycles. The zero-order chi connectivity index (χ0) is 17.8. The van der Waals surface area contributed by atoms with Gasteiger partial charge in [-0.1, -0.05) is 46.4 Å². The summed E-state index contributed by atoms with van der Waals surface area (Å²) >= 11 is 23.3. The number of hydrogen-bond acceptors (Lipinski definition) is 4. The predicted octanol–water partition coefficient (Wildman–Crippen LogP) is 5.46. The fourth-order valence-corrected chi connectivity index (χ4v) is 2.45. The predicted molar refractivity (Wildman–Crippen MR) is 98.0 cm³/mol. The molecule has 0 fully saturated rings. The summed E-state index contributed by atoms with van der Waals surface area (Å²) in [7, 11) is 0. The standard InChI is InChI=1S/C16H18Cl4O4/c17-13-10-12(23-8-4-15(19)20)11-14(18)16(13)24-7-3-1-2-6-22-9-5-21/h4-5,10-11H,1-3,6-9H2. The molecule has 1 rings (SSSR count). The van der Waals surface area contributed by atoms with Crippen LogP contribution in [0, 0.1) is 0 Å². The SMILES string of the molecule is O=CCOCCCCCOc1c(Cl)cc(OCC=C(Cl)Cl)cc1Cl. The first kappa shape index (κ1) is 21.4. The molecule has 134 valence electrons. The maximum Gasteiger partial charge on any atom is 0.156 e. The van der Waals surface area contributed by atoms with Crippen molar-refractivity contribution < 1.29 is 19.0 Å². The number of hydrogen-bond donors (Lipinski definition) is 0. The highest BCUT2D eigenvalue weighted by molar-refractivity contribution is 6.55. The van der Waals surface area contributed by atoms with Crippen molar-refractivity contribution in [1.82, 2.24) is 0 Å². The number of unbranched alkanes of at least 4 members (excludes halogenated alkanes) is 2. The minimum atomic E-state index is 0.128. The molecular weight excluding hydrogens is 398 g/mol. The third kappa shape index (κ3) is 9.00. The Labute approximate surface area is 161 Å². The normalized spacial score (nSPS) is 10.3. The van der Waals surface area contributed by atoms with E-state index in [2.05, 4.69) is 0 Å². The molecule has 0 heterocycles. The van der Waals surface area contributed by atoms with Gasteiger partial charge in [-0.15, -0.1) is 0 Å². The van der Waals surface area contributed by atoms with Gasteiger partial charge in [0.25, 0.3) is 0 Å². The van der Waals surface area contributed by atoms with Crippen molar-refractivity contribution in [3.05, 3.63) is 32.7 Å². The van der Waals surface area contributed by atoms with Crippen molar-refractivity contribution in [3.63, 3.8) is 0 Å². The van der Waals surface area contributed by atoms with E-state index in [1.165, 1.54) is 6.08 Å². The summed E-state index contributed by atoms with van der Waals surface area (Å²) < 4.78 is 16.2. The molecule has 0 aliphatic rings. The van der Waals surface area contributed by atoms with Gasteiger partial charge >= 0.3 is 0 Å². The minimum Gasteiger partial charge on any atom is -0.490 e. The maximum absolute atomic E-state index is 10.1. The number of benzene rings is 1. The second-order valence-electron chi connectivity index (χ2n) is 4.67. The van der Waals surface area contributed by atoms with Gasteiger partial charge in [0.05, 0.1) is 16.7 Å². The molecule has 24 heavy (non-hydrogen) atoms. The van der Waals surface area contributed by atoms with E-state index < -0.39 is 0 Å². The molecule has 0 saturated heterocycles. The lowest BCUT2D eigenvalue weighted by atomic mass is 10.2. The van der Waals surface area contributed by atoms with Gasteiger partial charge in [-0.05, 0) is 25.3 Å². The van der Waals surface area contributed by atoms with E-state index in [4.69, 9.17) is 60.6 Å². The van der Waals surface area contributed by atoms with Crippen LogP contribution in [0.5, 0.6) is 11.5 Å². The Bertz CT molecular complexity index is 522. The van der Waals surface area contributed by atoms with E-state index >= 15 is 0 Å². The first-order valence-corrected chi connectivity index (χ1v) is 8.83. The zero-order valence-electron chi connectivity index (χ0n) is 12.9. The highest BCUT2D eigenvalue weighted by atomic mass is 35.5. The van der Waals surface area contributed by atoms with Crippen molar-refractivity contribution in [1.29, 1.82) is 0 Å². The van der Waals surface area contributed by atoms with E-state index in [1.54, 1.807) is 12.1 Å². The molecule has 0 amide bonds. The van der Waals surface area contributed by atoms with E-state index in [9.17, 15) is 4.79 Å². The first-order valence-electron chi connectivity index (χ1n) is 7.31. The minimum absolute atomic E-state index is 0.128. The molecule has 8 heteroatoms. The first-order chi connectivity index (χ1) is 11.5. The van der Waals surface area contributed by atoms with Gasteiger partial charge in [0, 0.05) is 18.7 Å². The summed E-state index contributed by atoms with van der Waals surface area (Å²) in [6, 6.07) is 3.23. The Balaban J connectivity index is 2.37. The summed E-state index contributed by atoms with van der Waals surface area (Å²) in [5, 5.41) is 0.737. The zero-order valence-corrected chi connectivity index (χ0v) is 15.9. The summed E-state index contributed by atoms with van der Waals surface area (Å²) in [6.45, 7) is 1.40. The Hall–Kier alpha value is -0.650. The average Bonchev–Trinajstić information content (AvgIpc) is 2.51. The lowest BCUT2D eigenvalue weighted by molar-refractivity contribution is -0.111. The number of carbonyl (C=O) groups excluding carboxylic acids is 1. The molecule has 0 N–H and O–H groups in total. The van der Waals surface area contributed by atoms with Crippen LogP contribution in [0.3, 0.4) is 0 Å². The van der Waals surface area contributed by atoms with Crippen molar-refractivity contribution in [2.24, 2.45) is 0 Å². The number of aldehydes is 1. The Morgan fingerprint density at radius 2 is 1.62 bits per heavy atom. The second kappa shape index (κ2) is 12.7. The fourth-order valence-electron chi connectivity index (χ4n) is 1.75. The number of halogens is 4.